The molecule has 142 valence electrons. The third-order valence-electron chi connectivity index (χ3n) is 5.32. The zero-order chi connectivity index (χ0) is 17.6. The maximum Gasteiger partial charge on any atom is 0.262 e. The molecule has 3 aliphatic rings. The molecule has 26 heavy (non-hydrogen) atoms. The van der Waals surface area contributed by atoms with E-state index < -0.39 is 30.8 Å². The molecule has 4 rings (SSSR count). The molecule has 4 unspecified atom stereocenters. The molecule has 1 aliphatic carbocycles. The highest BCUT2D eigenvalue weighted by Gasteiger charge is 2.48. The van der Waals surface area contributed by atoms with E-state index in [1.54, 1.807) is 0 Å². The van der Waals surface area contributed by atoms with Crippen LogP contribution < -0.4 is 10.6 Å². The number of carbonyl (C=O) groups is 2. The van der Waals surface area contributed by atoms with Crippen molar-refractivity contribution in [1.82, 2.24) is 15.5 Å². The Bertz CT molecular complexity index is 688. The van der Waals surface area contributed by atoms with Gasteiger partial charge in [0.1, 0.15) is 0 Å². The number of halogens is 3. The van der Waals surface area contributed by atoms with E-state index in [0.29, 0.717) is 12.5 Å². The standard InChI is InChI=1S/C18H21F2N3O2.ClH/c19-18(20)8-14(21-10-18)17(25)22-12-6-16(24)23(9-12)15-7-13(15)11-4-2-1-3-5-11;/h1-5,12-15,21H,6-10H2,(H,22,25);1H. The van der Waals surface area contributed by atoms with Crippen LogP contribution >= 0.6 is 12.4 Å². The molecule has 1 aromatic rings. The minimum atomic E-state index is -2.84. The maximum atomic E-state index is 13.2. The van der Waals surface area contributed by atoms with Crippen LogP contribution in [-0.2, 0) is 9.59 Å². The summed E-state index contributed by atoms with van der Waals surface area (Å²) in [5, 5.41) is 5.31. The second kappa shape index (κ2) is 7.12. The number of rotatable bonds is 4. The van der Waals surface area contributed by atoms with Crippen molar-refractivity contribution in [3.05, 3.63) is 35.9 Å². The predicted octanol–water partition coefficient (Wildman–Crippen LogP) is 1.68. The summed E-state index contributed by atoms with van der Waals surface area (Å²) in [4.78, 5) is 26.3. The number of carbonyl (C=O) groups excluding carboxylic acids is 2. The molecule has 2 amide bonds. The van der Waals surface area contributed by atoms with Gasteiger partial charge in [0.15, 0.2) is 0 Å². The Kier molecular flexibility index (Phi) is 5.21. The molecule has 2 aliphatic heterocycles. The van der Waals surface area contributed by atoms with Crippen LogP contribution in [0.2, 0.25) is 0 Å². The molecule has 1 aromatic carbocycles. The van der Waals surface area contributed by atoms with Crippen LogP contribution in [0, 0.1) is 0 Å². The Morgan fingerprint density at radius 1 is 1.27 bits per heavy atom. The van der Waals surface area contributed by atoms with Crippen molar-refractivity contribution in [2.45, 2.75) is 49.2 Å². The molecule has 2 N–H and O–H groups in total. The molecule has 0 bridgehead atoms. The number of hydrogen-bond acceptors (Lipinski definition) is 3. The van der Waals surface area contributed by atoms with Gasteiger partial charge >= 0.3 is 0 Å². The van der Waals surface area contributed by atoms with E-state index in [0.717, 1.165) is 6.42 Å². The number of alkyl halides is 2. The smallest absolute Gasteiger partial charge is 0.262 e. The van der Waals surface area contributed by atoms with Gasteiger partial charge in [0.2, 0.25) is 11.8 Å². The first kappa shape index (κ1) is 19.0. The highest BCUT2D eigenvalue weighted by Crippen LogP contribution is 2.45. The number of nitrogens with zero attached hydrogens (tertiary/aromatic N) is 1. The molecular weight excluding hydrogens is 364 g/mol. The quantitative estimate of drug-likeness (QED) is 0.829. The number of nitrogens with one attached hydrogen (secondary N) is 2. The fourth-order valence-corrected chi connectivity index (χ4v) is 3.94. The van der Waals surface area contributed by atoms with Gasteiger partial charge in [0.25, 0.3) is 5.92 Å². The Labute approximate surface area is 156 Å². The van der Waals surface area contributed by atoms with E-state index in [9.17, 15) is 18.4 Å². The molecule has 2 heterocycles. The van der Waals surface area contributed by atoms with Crippen LogP contribution in [0.3, 0.4) is 0 Å². The minimum absolute atomic E-state index is 0. The lowest BCUT2D eigenvalue weighted by molar-refractivity contribution is -0.128. The minimum Gasteiger partial charge on any atom is -0.350 e. The van der Waals surface area contributed by atoms with Crippen molar-refractivity contribution in [1.29, 1.82) is 0 Å². The largest absolute Gasteiger partial charge is 0.350 e. The molecule has 2 saturated heterocycles. The van der Waals surface area contributed by atoms with Crippen LogP contribution in [0.15, 0.2) is 30.3 Å². The molecule has 0 spiro atoms. The van der Waals surface area contributed by atoms with E-state index in [-0.39, 0.29) is 36.8 Å². The molecule has 0 aromatic heterocycles. The molecule has 5 nitrogen and oxygen atoms in total. The van der Waals surface area contributed by atoms with Gasteiger partial charge in [-0.25, -0.2) is 8.78 Å². The molecular formula is C18H22ClF2N3O2. The Hall–Kier alpha value is -1.73. The van der Waals surface area contributed by atoms with Crippen LogP contribution in [0.1, 0.15) is 30.7 Å². The lowest BCUT2D eigenvalue weighted by Gasteiger charge is -2.19. The Morgan fingerprint density at radius 3 is 2.65 bits per heavy atom. The monoisotopic (exact) mass is 385 g/mol. The fourth-order valence-electron chi connectivity index (χ4n) is 3.94. The van der Waals surface area contributed by atoms with Gasteiger partial charge in [-0.3, -0.25) is 14.9 Å². The molecule has 3 fully saturated rings. The van der Waals surface area contributed by atoms with E-state index >= 15 is 0 Å². The van der Waals surface area contributed by atoms with Gasteiger partial charge in [-0.1, -0.05) is 30.3 Å². The van der Waals surface area contributed by atoms with E-state index in [1.807, 2.05) is 23.1 Å². The summed E-state index contributed by atoms with van der Waals surface area (Å²) in [5.41, 5.74) is 1.23. The SMILES string of the molecule is Cl.O=C(NC1CC(=O)N(C2CC2c2ccccc2)C1)C1CC(F)(F)CN1. The van der Waals surface area contributed by atoms with Crippen LogP contribution in [0.5, 0.6) is 0 Å². The van der Waals surface area contributed by atoms with Gasteiger partial charge in [0, 0.05) is 31.3 Å². The summed E-state index contributed by atoms with van der Waals surface area (Å²) < 4.78 is 26.4. The molecule has 4 atom stereocenters. The number of benzene rings is 1. The summed E-state index contributed by atoms with van der Waals surface area (Å²) in [5.74, 6) is -2.89. The summed E-state index contributed by atoms with van der Waals surface area (Å²) >= 11 is 0. The van der Waals surface area contributed by atoms with Crippen molar-refractivity contribution in [3.8, 4) is 0 Å². The third kappa shape index (κ3) is 3.83. The van der Waals surface area contributed by atoms with Crippen molar-refractivity contribution in [2.75, 3.05) is 13.1 Å². The van der Waals surface area contributed by atoms with Gasteiger partial charge < -0.3 is 10.2 Å². The highest BCUT2D eigenvalue weighted by atomic mass is 35.5. The first-order valence-electron chi connectivity index (χ1n) is 8.69. The van der Waals surface area contributed by atoms with Crippen molar-refractivity contribution in [3.63, 3.8) is 0 Å². The summed E-state index contributed by atoms with van der Waals surface area (Å²) in [6.07, 6.45) is 0.696. The molecule has 8 heteroatoms. The van der Waals surface area contributed by atoms with Crippen LogP contribution in [0.25, 0.3) is 0 Å². The van der Waals surface area contributed by atoms with Crippen molar-refractivity contribution in [2.24, 2.45) is 0 Å². The fraction of sp³-hybridized carbons (Fsp3) is 0.556. The summed E-state index contributed by atoms with van der Waals surface area (Å²) in [7, 11) is 0. The lowest BCUT2D eigenvalue weighted by atomic mass is 10.1. The van der Waals surface area contributed by atoms with Crippen molar-refractivity contribution < 1.29 is 18.4 Å². The van der Waals surface area contributed by atoms with Crippen LogP contribution in [0.4, 0.5) is 8.78 Å². The normalized spacial score (nSPS) is 32.2. The first-order valence-corrected chi connectivity index (χ1v) is 8.69. The number of amides is 2. The topological polar surface area (TPSA) is 61.4 Å². The third-order valence-corrected chi connectivity index (χ3v) is 5.32. The zero-order valence-electron chi connectivity index (χ0n) is 14.2. The lowest BCUT2D eigenvalue weighted by Crippen LogP contribution is -2.46. The van der Waals surface area contributed by atoms with Crippen LogP contribution in [-0.4, -0.2) is 53.9 Å². The Morgan fingerprint density at radius 2 is 2.00 bits per heavy atom. The predicted molar refractivity (Wildman–Crippen MR) is 94.5 cm³/mol. The highest BCUT2D eigenvalue weighted by molar-refractivity contribution is 5.86. The van der Waals surface area contributed by atoms with E-state index in [1.165, 1.54) is 5.56 Å². The zero-order valence-corrected chi connectivity index (χ0v) is 15.0. The number of likely N-dealkylation sites (tertiary alicyclic amines) is 1. The van der Waals surface area contributed by atoms with Gasteiger partial charge in [0.05, 0.1) is 18.6 Å². The maximum absolute atomic E-state index is 13.2. The van der Waals surface area contributed by atoms with Gasteiger partial charge in [-0.15, -0.1) is 12.4 Å². The van der Waals surface area contributed by atoms with Gasteiger partial charge in [-0.05, 0) is 12.0 Å². The summed E-state index contributed by atoms with van der Waals surface area (Å²) in [6.45, 7) is -0.0106. The Balaban J connectivity index is 0.00000196. The number of hydrogen-bond donors (Lipinski definition) is 2. The average Bonchev–Trinajstić information content (AvgIpc) is 3.17. The second-order valence-corrected chi connectivity index (χ2v) is 7.27. The molecule has 0 radical (unpaired) electrons. The van der Waals surface area contributed by atoms with E-state index in [2.05, 4.69) is 22.8 Å². The second-order valence-electron chi connectivity index (χ2n) is 7.27. The van der Waals surface area contributed by atoms with Crippen molar-refractivity contribution >= 4 is 24.2 Å². The van der Waals surface area contributed by atoms with E-state index in [4.69, 9.17) is 0 Å². The summed E-state index contributed by atoms with van der Waals surface area (Å²) in [6, 6.07) is 9.09. The average molecular weight is 386 g/mol. The molecule has 1 saturated carbocycles. The van der Waals surface area contributed by atoms with Gasteiger partial charge in [-0.2, -0.15) is 0 Å². The first-order chi connectivity index (χ1) is 11.9.